The average molecular weight is 446 g/mol. The Kier molecular flexibility index (Phi) is 6.36. The number of halogens is 1. The first kappa shape index (κ1) is 20.4. The van der Waals surface area contributed by atoms with Gasteiger partial charge >= 0.3 is 0 Å². The minimum absolute atomic E-state index is 0.0689. The molecule has 0 spiro atoms. The van der Waals surface area contributed by atoms with Crippen LogP contribution in [-0.4, -0.2) is 50.0 Å². The first-order valence-corrected chi connectivity index (χ1v) is 9.99. The van der Waals surface area contributed by atoms with Crippen LogP contribution in [-0.2, 0) is 4.79 Å². The van der Waals surface area contributed by atoms with Crippen LogP contribution in [0.5, 0.6) is 5.75 Å². The first-order valence-electron chi connectivity index (χ1n) is 9.19. The second kappa shape index (κ2) is 8.75. The Labute approximate surface area is 173 Å². The van der Waals surface area contributed by atoms with Gasteiger partial charge in [0.25, 0.3) is 11.8 Å². The number of rotatable bonds is 6. The monoisotopic (exact) mass is 445 g/mol. The number of hydrogen-bond donors (Lipinski definition) is 1. The fourth-order valence-corrected chi connectivity index (χ4v) is 3.57. The number of nitrogens with one attached hydrogen (secondary N) is 1. The maximum atomic E-state index is 12.7. The standard InChI is InChI=1S/C21H24BrN3O3/c1-14-21(27)25(12-6-11-24(2)3)18-13-15(9-10-19(18)28-14)23-20(26)16-7-4-5-8-17(16)22/h4-5,7-10,13-14H,6,11-12H2,1-3H3,(H,23,26). The highest BCUT2D eigenvalue weighted by Crippen LogP contribution is 2.36. The van der Waals surface area contributed by atoms with E-state index in [4.69, 9.17) is 4.74 Å². The number of amides is 2. The van der Waals surface area contributed by atoms with Crippen molar-refractivity contribution in [3.8, 4) is 5.75 Å². The molecule has 2 aromatic carbocycles. The molecule has 7 heteroatoms. The third-order valence-corrected chi connectivity index (χ3v) is 5.22. The maximum absolute atomic E-state index is 12.7. The number of carbonyl (C=O) groups is 2. The molecule has 28 heavy (non-hydrogen) atoms. The van der Waals surface area contributed by atoms with Crippen LogP contribution in [0.1, 0.15) is 23.7 Å². The molecular formula is C21H24BrN3O3. The fraction of sp³-hybridized carbons (Fsp3) is 0.333. The third kappa shape index (κ3) is 4.54. The van der Waals surface area contributed by atoms with Crippen molar-refractivity contribution >= 4 is 39.1 Å². The molecule has 0 saturated carbocycles. The molecule has 0 radical (unpaired) electrons. The normalized spacial score (nSPS) is 16.0. The van der Waals surface area contributed by atoms with E-state index < -0.39 is 6.10 Å². The van der Waals surface area contributed by atoms with Gasteiger partial charge in [0.05, 0.1) is 11.3 Å². The molecule has 1 N–H and O–H groups in total. The summed E-state index contributed by atoms with van der Waals surface area (Å²) < 4.78 is 6.47. The molecule has 0 saturated heterocycles. The zero-order valence-corrected chi connectivity index (χ0v) is 17.8. The van der Waals surface area contributed by atoms with Crippen LogP contribution < -0.4 is 15.0 Å². The minimum atomic E-state index is -0.521. The average Bonchev–Trinajstić information content (AvgIpc) is 2.65. The summed E-state index contributed by atoms with van der Waals surface area (Å²) in [4.78, 5) is 29.1. The van der Waals surface area contributed by atoms with E-state index in [0.29, 0.717) is 29.2 Å². The molecule has 148 valence electrons. The molecule has 6 nitrogen and oxygen atoms in total. The van der Waals surface area contributed by atoms with Gasteiger partial charge in [0, 0.05) is 16.7 Å². The highest BCUT2D eigenvalue weighted by molar-refractivity contribution is 9.10. The van der Waals surface area contributed by atoms with E-state index in [9.17, 15) is 9.59 Å². The van der Waals surface area contributed by atoms with E-state index in [1.54, 1.807) is 36.1 Å². The molecule has 1 atom stereocenters. The van der Waals surface area contributed by atoms with E-state index in [1.165, 1.54) is 0 Å². The second-order valence-corrected chi connectivity index (χ2v) is 7.88. The Hall–Kier alpha value is -2.38. The SMILES string of the molecule is CC1Oc2ccc(NC(=O)c3ccccc3Br)cc2N(CCCN(C)C)C1=O. The number of benzene rings is 2. The molecule has 1 aliphatic heterocycles. The van der Waals surface area contributed by atoms with Gasteiger partial charge in [0.1, 0.15) is 5.75 Å². The molecule has 1 aliphatic rings. The highest BCUT2D eigenvalue weighted by atomic mass is 79.9. The van der Waals surface area contributed by atoms with Crippen LogP contribution in [0.2, 0.25) is 0 Å². The minimum Gasteiger partial charge on any atom is -0.479 e. The van der Waals surface area contributed by atoms with Crippen molar-refractivity contribution in [1.29, 1.82) is 0 Å². The molecule has 0 aromatic heterocycles. The number of carbonyl (C=O) groups excluding carboxylic acids is 2. The van der Waals surface area contributed by atoms with Crippen LogP contribution in [0.15, 0.2) is 46.9 Å². The van der Waals surface area contributed by atoms with Gasteiger partial charge in [0.15, 0.2) is 6.10 Å². The summed E-state index contributed by atoms with van der Waals surface area (Å²) in [6.45, 7) is 3.24. The van der Waals surface area contributed by atoms with Crippen molar-refractivity contribution in [2.75, 3.05) is 37.4 Å². The summed E-state index contributed by atoms with van der Waals surface area (Å²) in [5.41, 5.74) is 1.85. The number of ether oxygens (including phenoxy) is 1. The second-order valence-electron chi connectivity index (χ2n) is 7.02. The lowest BCUT2D eigenvalue weighted by Gasteiger charge is -2.33. The van der Waals surface area contributed by atoms with E-state index in [1.807, 2.05) is 32.3 Å². The van der Waals surface area contributed by atoms with Crippen molar-refractivity contribution in [3.63, 3.8) is 0 Å². The smallest absolute Gasteiger partial charge is 0.267 e. The van der Waals surface area contributed by atoms with Crippen molar-refractivity contribution in [1.82, 2.24) is 4.90 Å². The Morgan fingerprint density at radius 3 is 2.71 bits per heavy atom. The molecule has 1 unspecified atom stereocenters. The van der Waals surface area contributed by atoms with Gasteiger partial charge < -0.3 is 19.9 Å². The van der Waals surface area contributed by atoms with E-state index >= 15 is 0 Å². The van der Waals surface area contributed by atoms with Gasteiger partial charge in [-0.2, -0.15) is 0 Å². The van der Waals surface area contributed by atoms with Crippen molar-refractivity contribution in [2.45, 2.75) is 19.4 Å². The lowest BCUT2D eigenvalue weighted by atomic mass is 10.1. The lowest BCUT2D eigenvalue weighted by molar-refractivity contribution is -0.125. The predicted molar refractivity (Wildman–Crippen MR) is 114 cm³/mol. The third-order valence-electron chi connectivity index (χ3n) is 4.53. The van der Waals surface area contributed by atoms with Gasteiger partial charge in [-0.15, -0.1) is 0 Å². The van der Waals surface area contributed by atoms with Crippen molar-refractivity contribution < 1.29 is 14.3 Å². The number of fused-ring (bicyclic) bond motifs is 1. The van der Waals surface area contributed by atoms with Crippen LogP contribution in [0.25, 0.3) is 0 Å². The molecule has 2 aromatic rings. The van der Waals surface area contributed by atoms with Crippen LogP contribution in [0.3, 0.4) is 0 Å². The highest BCUT2D eigenvalue weighted by Gasteiger charge is 2.31. The molecule has 1 heterocycles. The van der Waals surface area contributed by atoms with Gasteiger partial charge in [-0.1, -0.05) is 12.1 Å². The zero-order valence-electron chi connectivity index (χ0n) is 16.2. The zero-order chi connectivity index (χ0) is 20.3. The molecule has 0 aliphatic carbocycles. The van der Waals surface area contributed by atoms with Gasteiger partial charge in [-0.25, -0.2) is 0 Å². The molecule has 0 bridgehead atoms. The van der Waals surface area contributed by atoms with E-state index in [0.717, 1.165) is 17.4 Å². The van der Waals surface area contributed by atoms with E-state index in [2.05, 4.69) is 26.1 Å². The molecular weight excluding hydrogens is 422 g/mol. The Morgan fingerprint density at radius 1 is 1.25 bits per heavy atom. The fourth-order valence-electron chi connectivity index (χ4n) is 3.10. The Morgan fingerprint density at radius 2 is 2.00 bits per heavy atom. The van der Waals surface area contributed by atoms with Crippen molar-refractivity contribution in [2.24, 2.45) is 0 Å². The topological polar surface area (TPSA) is 61.9 Å². The molecule has 0 fully saturated rings. The summed E-state index contributed by atoms with van der Waals surface area (Å²) in [6, 6.07) is 12.6. The molecule has 3 rings (SSSR count). The van der Waals surface area contributed by atoms with Gasteiger partial charge in [-0.3, -0.25) is 9.59 Å². The first-order chi connectivity index (χ1) is 13.4. The number of nitrogens with zero attached hydrogens (tertiary/aromatic N) is 2. The number of hydrogen-bond acceptors (Lipinski definition) is 4. The summed E-state index contributed by atoms with van der Waals surface area (Å²) >= 11 is 3.40. The Bertz CT molecular complexity index is 885. The van der Waals surface area contributed by atoms with Crippen LogP contribution in [0, 0.1) is 0 Å². The predicted octanol–water partition coefficient (Wildman–Crippen LogP) is 3.77. The lowest BCUT2D eigenvalue weighted by Crippen LogP contribution is -2.45. The molecule has 2 amide bonds. The Balaban J connectivity index is 1.83. The number of anilines is 2. The van der Waals surface area contributed by atoms with E-state index in [-0.39, 0.29) is 11.8 Å². The summed E-state index contributed by atoms with van der Waals surface area (Å²) in [5, 5.41) is 2.90. The largest absolute Gasteiger partial charge is 0.479 e. The summed E-state index contributed by atoms with van der Waals surface area (Å²) in [6.07, 6.45) is 0.325. The summed E-state index contributed by atoms with van der Waals surface area (Å²) in [5.74, 6) is 0.361. The van der Waals surface area contributed by atoms with Crippen molar-refractivity contribution in [3.05, 3.63) is 52.5 Å². The van der Waals surface area contributed by atoms with Crippen LogP contribution in [0.4, 0.5) is 11.4 Å². The quantitative estimate of drug-likeness (QED) is 0.734. The maximum Gasteiger partial charge on any atom is 0.267 e. The van der Waals surface area contributed by atoms with Crippen LogP contribution >= 0.6 is 15.9 Å². The van der Waals surface area contributed by atoms with Gasteiger partial charge in [0.2, 0.25) is 0 Å². The van der Waals surface area contributed by atoms with Gasteiger partial charge in [-0.05, 0) is 80.2 Å². The summed E-state index contributed by atoms with van der Waals surface area (Å²) in [7, 11) is 4.01.